The van der Waals surface area contributed by atoms with Gasteiger partial charge >= 0.3 is 0 Å². The van der Waals surface area contributed by atoms with E-state index in [1.165, 1.54) is 102 Å². The largest absolute Gasteiger partial charge is 0.309 e. The highest BCUT2D eigenvalue weighted by Crippen LogP contribution is 2.41. The summed E-state index contributed by atoms with van der Waals surface area (Å²) in [6, 6.07) is 97.6. The minimum absolute atomic E-state index is 1.13. The van der Waals surface area contributed by atoms with Gasteiger partial charge in [-0.1, -0.05) is 188 Å². The van der Waals surface area contributed by atoms with Crippen molar-refractivity contribution in [2.24, 2.45) is 0 Å². The van der Waals surface area contributed by atoms with Crippen LogP contribution in [0.2, 0.25) is 0 Å². The molecule has 332 valence electrons. The highest BCUT2D eigenvalue weighted by atomic mass is 32.2. The lowest BCUT2D eigenvalue weighted by Gasteiger charge is -2.39. The zero-order chi connectivity index (χ0) is 46.6. The minimum Gasteiger partial charge on any atom is -0.309 e. The van der Waals surface area contributed by atoms with E-state index in [0.29, 0.717) is 0 Å². The van der Waals surface area contributed by atoms with Gasteiger partial charge in [0.1, 0.15) is 0 Å². The second-order valence-electron chi connectivity index (χ2n) is 18.8. The number of hydrogen-bond acceptors (Lipinski definition) is 1. The summed E-state index contributed by atoms with van der Waals surface area (Å²) in [6.45, 7) is 0. The van der Waals surface area contributed by atoms with Crippen LogP contribution in [0.25, 0.3) is 93.6 Å². The van der Waals surface area contributed by atoms with E-state index < -0.39 is 8.07 Å². The van der Waals surface area contributed by atoms with Crippen molar-refractivity contribution >= 4 is 106 Å². The average Bonchev–Trinajstić information content (AvgIpc) is 4.08. The molecule has 1 aliphatic rings. The van der Waals surface area contributed by atoms with Gasteiger partial charge in [-0.3, -0.25) is 0 Å². The van der Waals surface area contributed by atoms with Crippen molar-refractivity contribution in [3.63, 3.8) is 0 Å². The van der Waals surface area contributed by atoms with Gasteiger partial charge in [0.05, 0.1) is 33.1 Å². The minimum atomic E-state index is -2.82. The first-order valence-corrected chi connectivity index (χ1v) is 27.2. The Morgan fingerprint density at radius 3 is 1.27 bits per heavy atom. The number of nitrogens with zero attached hydrogens (tertiary/aromatic N) is 3. The van der Waals surface area contributed by atoms with Crippen molar-refractivity contribution in [3.8, 4) is 28.2 Å². The van der Waals surface area contributed by atoms with Gasteiger partial charge in [0.15, 0.2) is 8.07 Å². The molecule has 14 aromatic rings. The van der Waals surface area contributed by atoms with Gasteiger partial charge in [-0.05, 0) is 117 Å². The molecule has 0 saturated heterocycles. The van der Waals surface area contributed by atoms with Crippen LogP contribution in [0.1, 0.15) is 0 Å². The van der Waals surface area contributed by atoms with Gasteiger partial charge in [0.2, 0.25) is 0 Å². The van der Waals surface area contributed by atoms with Gasteiger partial charge in [0.25, 0.3) is 0 Å². The van der Waals surface area contributed by atoms with Crippen molar-refractivity contribution in [1.29, 1.82) is 0 Å². The number of para-hydroxylation sites is 3. The lowest BCUT2D eigenvalue weighted by Crippen LogP contribution is -2.76. The van der Waals surface area contributed by atoms with Gasteiger partial charge in [-0.15, -0.1) is 0 Å². The summed E-state index contributed by atoms with van der Waals surface area (Å²) in [6.07, 6.45) is 0. The van der Waals surface area contributed by atoms with Crippen molar-refractivity contribution in [2.75, 3.05) is 0 Å². The fourth-order valence-electron chi connectivity index (χ4n) is 12.2. The Balaban J connectivity index is 1.01. The van der Waals surface area contributed by atoms with Crippen molar-refractivity contribution in [2.45, 2.75) is 9.79 Å². The highest BCUT2D eigenvalue weighted by molar-refractivity contribution is 8.00. The molecule has 15 rings (SSSR count). The summed E-state index contributed by atoms with van der Waals surface area (Å²) < 4.78 is 7.44. The molecule has 0 spiro atoms. The maximum absolute atomic E-state index is 2.82. The van der Waals surface area contributed by atoms with E-state index in [0.717, 1.165) is 22.6 Å². The van der Waals surface area contributed by atoms with E-state index >= 15 is 0 Å². The zero-order valence-corrected chi connectivity index (χ0v) is 40.4. The molecule has 0 atom stereocenters. The first-order chi connectivity index (χ1) is 35.2. The molecular formula is C66H43N3SSi. The van der Waals surface area contributed by atoms with Gasteiger partial charge < -0.3 is 13.7 Å². The Labute approximate surface area is 416 Å². The molecule has 3 nitrogen and oxygen atoms in total. The van der Waals surface area contributed by atoms with Gasteiger partial charge in [0, 0.05) is 59.2 Å². The molecule has 5 heteroatoms. The maximum Gasteiger partial charge on any atom is 0.181 e. The van der Waals surface area contributed by atoms with E-state index in [2.05, 4.69) is 275 Å². The van der Waals surface area contributed by atoms with E-state index in [4.69, 9.17) is 0 Å². The molecule has 0 amide bonds. The van der Waals surface area contributed by atoms with Crippen LogP contribution in [0.15, 0.2) is 271 Å². The summed E-state index contributed by atoms with van der Waals surface area (Å²) in [5, 5.41) is 13.1. The summed E-state index contributed by atoms with van der Waals surface area (Å²) >= 11 is 1.91. The summed E-state index contributed by atoms with van der Waals surface area (Å²) in [7, 11) is -2.82. The molecule has 0 N–H and O–H groups in total. The van der Waals surface area contributed by atoms with Crippen molar-refractivity contribution in [3.05, 3.63) is 261 Å². The standard InChI is InChI=1S/C66H43N3SSi/c1-3-18-44(19-4-1)45-20-17-21-46(40-45)67-60-38-34-47(68-57-27-10-7-24-51(57)52-25-8-11-28-58(52)68)41-55(60)56-42-48(35-39-61(56)67)69-59-29-12-9-26-53(59)54-37-36-50(43-62(54)69)71(49-22-5-2-6-23-49)65-32-15-13-30-63(65)70-64-31-14-16-33-66(64)71/h1-43H. The third-order valence-electron chi connectivity index (χ3n) is 15.2. The molecule has 0 fully saturated rings. The lowest BCUT2D eigenvalue weighted by atomic mass is 10.1. The molecule has 71 heavy (non-hydrogen) atoms. The smallest absolute Gasteiger partial charge is 0.181 e. The van der Waals surface area contributed by atoms with Crippen LogP contribution >= 0.6 is 11.8 Å². The Hall–Kier alpha value is -8.61. The van der Waals surface area contributed by atoms with Crippen LogP contribution < -0.4 is 20.7 Å². The number of rotatable bonds is 6. The predicted octanol–water partition coefficient (Wildman–Crippen LogP) is 14.5. The van der Waals surface area contributed by atoms with E-state index in [9.17, 15) is 0 Å². The second kappa shape index (κ2) is 15.7. The molecule has 4 heterocycles. The Morgan fingerprint density at radius 1 is 0.254 bits per heavy atom. The fourth-order valence-corrected chi connectivity index (χ4v) is 19.1. The van der Waals surface area contributed by atoms with Crippen LogP contribution in [0.4, 0.5) is 0 Å². The second-order valence-corrected chi connectivity index (χ2v) is 23.6. The molecule has 0 radical (unpaired) electrons. The summed E-state index contributed by atoms with van der Waals surface area (Å²) in [5.41, 5.74) is 12.9. The number of benzene rings is 11. The summed E-state index contributed by atoms with van der Waals surface area (Å²) in [5.74, 6) is 0. The van der Waals surface area contributed by atoms with Crippen LogP contribution in [0, 0.1) is 0 Å². The van der Waals surface area contributed by atoms with Crippen molar-refractivity contribution < 1.29 is 0 Å². The average molecular weight is 938 g/mol. The predicted molar refractivity (Wildman–Crippen MR) is 303 cm³/mol. The molecule has 0 bridgehead atoms. The number of fused-ring (bicyclic) bond motifs is 11. The first-order valence-electron chi connectivity index (χ1n) is 24.4. The maximum atomic E-state index is 2.56. The Bertz CT molecular complexity index is 4350. The van der Waals surface area contributed by atoms with E-state index in [-0.39, 0.29) is 0 Å². The lowest BCUT2D eigenvalue weighted by molar-refractivity contribution is 1.16. The molecule has 3 aromatic heterocycles. The van der Waals surface area contributed by atoms with Gasteiger partial charge in [-0.2, -0.15) is 0 Å². The fraction of sp³-hybridized carbons (Fsp3) is 0. The zero-order valence-electron chi connectivity index (χ0n) is 38.6. The van der Waals surface area contributed by atoms with Crippen LogP contribution in [-0.2, 0) is 0 Å². The van der Waals surface area contributed by atoms with E-state index in [1.54, 1.807) is 0 Å². The third-order valence-corrected chi connectivity index (χ3v) is 21.5. The Kier molecular flexibility index (Phi) is 8.91. The normalized spacial score (nSPS) is 13.1. The van der Waals surface area contributed by atoms with Crippen LogP contribution in [-0.4, -0.2) is 21.8 Å². The first kappa shape index (κ1) is 40.3. The SMILES string of the molecule is c1ccc(-c2cccc(-n3c4ccc(-n5c6ccccc6c6ccccc65)cc4c4cc(-n5c6ccccc6c6ccc([Si]7(c8ccccc8)c8ccccc8Sc8ccccc87)cc65)ccc43)c2)cc1. The third kappa shape index (κ3) is 5.91. The molecule has 0 aliphatic carbocycles. The molecular weight excluding hydrogens is 895 g/mol. The summed E-state index contributed by atoms with van der Waals surface area (Å²) in [4.78, 5) is 2.69. The quantitative estimate of drug-likeness (QED) is 0.152. The molecule has 0 unspecified atom stereocenters. The van der Waals surface area contributed by atoms with Crippen molar-refractivity contribution in [1.82, 2.24) is 13.7 Å². The van der Waals surface area contributed by atoms with Crippen LogP contribution in [0.3, 0.4) is 0 Å². The molecule has 11 aromatic carbocycles. The molecule has 0 saturated carbocycles. The topological polar surface area (TPSA) is 14.8 Å². The highest BCUT2D eigenvalue weighted by Gasteiger charge is 2.47. The Morgan fingerprint density at radius 2 is 0.690 bits per heavy atom. The number of aromatic nitrogens is 3. The molecule has 1 aliphatic heterocycles. The monoisotopic (exact) mass is 937 g/mol. The van der Waals surface area contributed by atoms with E-state index in [1.807, 2.05) is 11.8 Å². The van der Waals surface area contributed by atoms with Crippen LogP contribution in [0.5, 0.6) is 0 Å². The number of hydrogen-bond donors (Lipinski definition) is 0. The van der Waals surface area contributed by atoms with Gasteiger partial charge in [-0.25, -0.2) is 0 Å².